The average molecular weight is 424 g/mol. The Morgan fingerprint density at radius 2 is 1.85 bits per heavy atom. The minimum atomic E-state index is -2.83. The Morgan fingerprint density at radius 3 is 2.54 bits per heavy atom. The number of benzene rings is 2. The molecule has 0 saturated heterocycles. The minimum Gasteiger partial charge on any atom is -0.435 e. The lowest BCUT2D eigenvalue weighted by atomic mass is 10.1. The van der Waals surface area contributed by atoms with Crippen LogP contribution < -0.4 is 10.4 Å². The maximum Gasteiger partial charge on any atom is 0.387 e. The molecule has 0 N–H and O–H groups in total. The molecule has 1 heterocycles. The largest absolute Gasteiger partial charge is 0.435 e. The summed E-state index contributed by atoms with van der Waals surface area (Å²) in [5.74, 6) is 0.128. The van der Waals surface area contributed by atoms with Crippen LogP contribution in [-0.4, -0.2) is 18.6 Å². The summed E-state index contributed by atoms with van der Waals surface area (Å²) in [6.45, 7) is -1.70. The fourth-order valence-electron chi connectivity index (χ4n) is 2.77. The van der Waals surface area contributed by atoms with Crippen LogP contribution in [0.15, 0.2) is 62.2 Å². The number of alkyl halides is 2. The third-order valence-corrected chi connectivity index (χ3v) is 4.33. The fourth-order valence-corrected chi connectivity index (χ4v) is 3.11. The summed E-state index contributed by atoms with van der Waals surface area (Å²) in [6.07, 6.45) is 0. The second-order valence-electron chi connectivity index (χ2n) is 5.93. The maximum atomic E-state index is 12.2. The maximum absolute atomic E-state index is 12.2. The van der Waals surface area contributed by atoms with Gasteiger partial charge in [-0.1, -0.05) is 28.1 Å². The molecule has 0 saturated carbocycles. The number of hydrogen-bond acceptors (Lipinski definition) is 4. The highest BCUT2D eigenvalue weighted by Gasteiger charge is 2.10. The van der Waals surface area contributed by atoms with E-state index in [4.69, 9.17) is 4.42 Å². The van der Waals surface area contributed by atoms with Crippen LogP contribution in [0, 0.1) is 0 Å². The molecule has 0 radical (unpaired) electrons. The molecule has 1 aromatic heterocycles. The van der Waals surface area contributed by atoms with Crippen molar-refractivity contribution < 1.29 is 17.9 Å². The Hall–Kier alpha value is -2.25. The molecule has 0 fully saturated rings. The van der Waals surface area contributed by atoms with Gasteiger partial charge < -0.3 is 9.15 Å². The first-order valence-electron chi connectivity index (χ1n) is 7.85. The first-order chi connectivity index (χ1) is 12.4. The van der Waals surface area contributed by atoms with Gasteiger partial charge in [0, 0.05) is 29.0 Å². The van der Waals surface area contributed by atoms with Crippen LogP contribution in [0.25, 0.3) is 11.0 Å². The zero-order valence-electron chi connectivity index (χ0n) is 13.9. The lowest BCUT2D eigenvalue weighted by Crippen LogP contribution is -2.18. The molecule has 0 spiro atoms. The van der Waals surface area contributed by atoms with E-state index < -0.39 is 12.2 Å². The second-order valence-corrected chi connectivity index (χ2v) is 6.84. The van der Waals surface area contributed by atoms with Crippen LogP contribution in [0.2, 0.25) is 0 Å². The van der Waals surface area contributed by atoms with Crippen molar-refractivity contribution in [2.45, 2.75) is 19.7 Å². The van der Waals surface area contributed by atoms with E-state index in [9.17, 15) is 13.6 Å². The number of hydrogen-bond donors (Lipinski definition) is 0. The van der Waals surface area contributed by atoms with E-state index in [0.717, 1.165) is 21.0 Å². The molecule has 0 aliphatic heterocycles. The Morgan fingerprint density at radius 1 is 1.12 bits per heavy atom. The number of rotatable bonds is 6. The van der Waals surface area contributed by atoms with Crippen molar-refractivity contribution >= 4 is 26.9 Å². The molecule has 2 aromatic carbocycles. The normalized spacial score (nSPS) is 11.5. The second kappa shape index (κ2) is 7.97. The van der Waals surface area contributed by atoms with Gasteiger partial charge in [0.1, 0.15) is 11.3 Å². The lowest BCUT2D eigenvalue weighted by Gasteiger charge is -2.18. The van der Waals surface area contributed by atoms with Crippen molar-refractivity contribution in [2.75, 3.05) is 7.05 Å². The molecule has 26 heavy (non-hydrogen) atoms. The number of fused-ring (bicyclic) bond motifs is 1. The van der Waals surface area contributed by atoms with Crippen molar-refractivity contribution in [3.05, 3.63) is 74.6 Å². The van der Waals surface area contributed by atoms with E-state index in [1.54, 1.807) is 18.2 Å². The minimum absolute atomic E-state index is 0.128. The summed E-state index contributed by atoms with van der Waals surface area (Å²) in [4.78, 5) is 13.8. The first kappa shape index (κ1) is 18.5. The van der Waals surface area contributed by atoms with Crippen molar-refractivity contribution in [1.82, 2.24) is 4.90 Å². The van der Waals surface area contributed by atoms with Gasteiger partial charge in [0.05, 0.1) is 0 Å². The van der Waals surface area contributed by atoms with Crippen molar-refractivity contribution in [1.29, 1.82) is 0 Å². The molecule has 0 aliphatic carbocycles. The van der Waals surface area contributed by atoms with Crippen LogP contribution in [-0.2, 0) is 13.1 Å². The molecule has 3 aromatic rings. The van der Waals surface area contributed by atoms with E-state index in [1.807, 2.05) is 24.1 Å². The van der Waals surface area contributed by atoms with Crippen molar-refractivity contribution in [3.8, 4) is 5.75 Å². The van der Waals surface area contributed by atoms with Gasteiger partial charge in [0.2, 0.25) is 0 Å². The van der Waals surface area contributed by atoms with Crippen LogP contribution in [0.4, 0.5) is 8.78 Å². The Bertz CT molecular complexity index is 957. The number of nitrogens with zero attached hydrogens (tertiary/aromatic N) is 1. The van der Waals surface area contributed by atoms with Crippen LogP contribution in [0.5, 0.6) is 5.75 Å². The molecule has 7 heteroatoms. The molecule has 0 atom stereocenters. The van der Waals surface area contributed by atoms with E-state index in [0.29, 0.717) is 18.7 Å². The molecule has 0 amide bonds. The quantitative estimate of drug-likeness (QED) is 0.534. The summed E-state index contributed by atoms with van der Waals surface area (Å²) in [6, 6.07) is 13.6. The van der Waals surface area contributed by atoms with Gasteiger partial charge in [-0.3, -0.25) is 4.90 Å². The highest BCUT2D eigenvalue weighted by atomic mass is 79.9. The van der Waals surface area contributed by atoms with Gasteiger partial charge in [-0.2, -0.15) is 8.78 Å². The van der Waals surface area contributed by atoms with E-state index in [-0.39, 0.29) is 5.75 Å². The summed E-state index contributed by atoms with van der Waals surface area (Å²) in [5, 5.41) is 0.875. The molecule has 4 nitrogen and oxygen atoms in total. The third kappa shape index (κ3) is 4.68. The van der Waals surface area contributed by atoms with Gasteiger partial charge in [0.15, 0.2) is 0 Å². The number of halogens is 3. The number of ether oxygens (including phenoxy) is 1. The Labute approximate surface area is 157 Å². The first-order valence-corrected chi connectivity index (χ1v) is 8.64. The van der Waals surface area contributed by atoms with Crippen LogP contribution >= 0.6 is 15.9 Å². The van der Waals surface area contributed by atoms with Gasteiger partial charge in [-0.25, -0.2) is 4.79 Å². The van der Waals surface area contributed by atoms with Gasteiger partial charge in [-0.05, 0) is 48.5 Å². The summed E-state index contributed by atoms with van der Waals surface area (Å²) < 4.78 is 34.8. The SMILES string of the molecule is CN(Cc1ccc(OC(F)F)cc1)Cc1cc(=O)oc2cc(Br)ccc12. The van der Waals surface area contributed by atoms with E-state index >= 15 is 0 Å². The predicted octanol–water partition coefficient (Wildman–Crippen LogP) is 4.79. The summed E-state index contributed by atoms with van der Waals surface area (Å²) in [5.41, 5.74) is 1.95. The van der Waals surface area contributed by atoms with Crippen LogP contribution in [0.3, 0.4) is 0 Å². The lowest BCUT2D eigenvalue weighted by molar-refractivity contribution is -0.0498. The standard InChI is InChI=1S/C19H16BrF2NO3/c1-23(10-12-2-5-15(6-3-12)25-19(21)22)11-13-8-18(24)26-17-9-14(20)4-7-16(13)17/h2-9,19H,10-11H2,1H3. The molecule has 136 valence electrons. The zero-order chi connectivity index (χ0) is 18.7. The molecule has 0 bridgehead atoms. The topological polar surface area (TPSA) is 42.7 Å². The highest BCUT2D eigenvalue weighted by molar-refractivity contribution is 9.10. The monoisotopic (exact) mass is 423 g/mol. The third-order valence-electron chi connectivity index (χ3n) is 3.83. The zero-order valence-corrected chi connectivity index (χ0v) is 15.5. The molecule has 0 unspecified atom stereocenters. The van der Waals surface area contributed by atoms with Gasteiger partial charge in [0.25, 0.3) is 0 Å². The van der Waals surface area contributed by atoms with Crippen molar-refractivity contribution in [2.24, 2.45) is 0 Å². The van der Waals surface area contributed by atoms with Crippen molar-refractivity contribution in [3.63, 3.8) is 0 Å². The Balaban J connectivity index is 1.75. The van der Waals surface area contributed by atoms with E-state index in [2.05, 4.69) is 20.7 Å². The molecular formula is C19H16BrF2NO3. The molecule has 3 rings (SSSR count). The smallest absolute Gasteiger partial charge is 0.387 e. The highest BCUT2D eigenvalue weighted by Crippen LogP contribution is 2.23. The Kier molecular flexibility index (Phi) is 5.68. The molecular weight excluding hydrogens is 408 g/mol. The fraction of sp³-hybridized carbons (Fsp3) is 0.211. The summed E-state index contributed by atoms with van der Waals surface area (Å²) >= 11 is 3.37. The summed E-state index contributed by atoms with van der Waals surface area (Å²) in [7, 11) is 1.92. The van der Waals surface area contributed by atoms with E-state index in [1.165, 1.54) is 18.2 Å². The molecule has 0 aliphatic rings. The van der Waals surface area contributed by atoms with Crippen LogP contribution in [0.1, 0.15) is 11.1 Å². The average Bonchev–Trinajstić information content (AvgIpc) is 2.55. The van der Waals surface area contributed by atoms with Gasteiger partial charge in [-0.15, -0.1) is 0 Å². The predicted molar refractivity (Wildman–Crippen MR) is 98.4 cm³/mol. The van der Waals surface area contributed by atoms with Gasteiger partial charge >= 0.3 is 12.2 Å².